The van der Waals surface area contributed by atoms with E-state index in [1.165, 1.54) is 28.0 Å². The molecule has 10 heteroatoms. The van der Waals surface area contributed by atoms with Gasteiger partial charge in [-0.2, -0.15) is 0 Å². The standard InChI is InChI=1S/C16H16ClN5O2S2/c1-21(2)13(23)8-25-16-20-19-15(26-16)18-14(24)12-6-9-4-5-10(17)7-11(9)22(12)3/h4-7H,8H2,1-3H3,(H,18,19,24). The van der Waals surface area contributed by atoms with Gasteiger partial charge in [0, 0.05) is 37.1 Å². The van der Waals surface area contributed by atoms with Crippen molar-refractivity contribution < 1.29 is 9.59 Å². The smallest absolute Gasteiger partial charge is 0.274 e. The molecular formula is C16H16ClN5O2S2. The molecule has 0 atom stereocenters. The van der Waals surface area contributed by atoms with Gasteiger partial charge in [0.15, 0.2) is 4.34 Å². The third kappa shape index (κ3) is 4.00. The lowest BCUT2D eigenvalue weighted by Gasteiger charge is -2.07. The van der Waals surface area contributed by atoms with Crippen LogP contribution < -0.4 is 5.32 Å². The molecule has 0 aliphatic carbocycles. The van der Waals surface area contributed by atoms with E-state index in [2.05, 4.69) is 15.5 Å². The van der Waals surface area contributed by atoms with Gasteiger partial charge in [-0.25, -0.2) is 0 Å². The predicted molar refractivity (Wildman–Crippen MR) is 105 cm³/mol. The van der Waals surface area contributed by atoms with E-state index in [4.69, 9.17) is 11.6 Å². The van der Waals surface area contributed by atoms with Crippen LogP contribution in [0.15, 0.2) is 28.6 Å². The van der Waals surface area contributed by atoms with E-state index < -0.39 is 0 Å². The van der Waals surface area contributed by atoms with Crippen LogP contribution in [0.4, 0.5) is 5.13 Å². The van der Waals surface area contributed by atoms with Gasteiger partial charge in [0.25, 0.3) is 5.91 Å². The molecular weight excluding hydrogens is 394 g/mol. The first-order chi connectivity index (χ1) is 12.3. The lowest BCUT2D eigenvalue weighted by molar-refractivity contribution is -0.125. The zero-order chi connectivity index (χ0) is 18.8. The lowest BCUT2D eigenvalue weighted by Crippen LogP contribution is -2.23. The van der Waals surface area contributed by atoms with Crippen LogP contribution in [0.5, 0.6) is 0 Å². The molecule has 0 spiro atoms. The van der Waals surface area contributed by atoms with Gasteiger partial charge in [0.2, 0.25) is 11.0 Å². The zero-order valence-electron chi connectivity index (χ0n) is 14.3. The fourth-order valence-corrected chi connectivity index (χ4v) is 4.15. The third-order valence-electron chi connectivity index (χ3n) is 3.68. The summed E-state index contributed by atoms with van der Waals surface area (Å²) in [6.07, 6.45) is 0. The van der Waals surface area contributed by atoms with Crippen LogP contribution in [0.3, 0.4) is 0 Å². The van der Waals surface area contributed by atoms with Crippen molar-refractivity contribution in [3.63, 3.8) is 0 Å². The molecule has 3 aromatic rings. The minimum absolute atomic E-state index is 0.00931. The fraction of sp³-hybridized carbons (Fsp3) is 0.250. The van der Waals surface area contributed by atoms with Gasteiger partial charge in [0.05, 0.1) is 5.75 Å². The molecule has 1 N–H and O–H groups in total. The molecule has 7 nitrogen and oxygen atoms in total. The quantitative estimate of drug-likeness (QED) is 0.517. The maximum Gasteiger partial charge on any atom is 0.274 e. The summed E-state index contributed by atoms with van der Waals surface area (Å²) in [5.41, 5.74) is 1.37. The SMILES string of the molecule is CN(C)C(=O)CSc1nnc(NC(=O)c2cc3ccc(Cl)cc3n2C)s1. The molecule has 0 fully saturated rings. The van der Waals surface area contributed by atoms with Crippen LogP contribution in [0.2, 0.25) is 5.02 Å². The monoisotopic (exact) mass is 409 g/mol. The molecule has 0 saturated carbocycles. The highest BCUT2D eigenvalue weighted by Gasteiger charge is 2.16. The summed E-state index contributed by atoms with van der Waals surface area (Å²) >= 11 is 8.55. The molecule has 0 aliphatic heterocycles. The zero-order valence-corrected chi connectivity index (χ0v) is 16.7. The first kappa shape index (κ1) is 18.7. The number of carbonyl (C=O) groups is 2. The number of aromatic nitrogens is 3. The van der Waals surface area contributed by atoms with Gasteiger partial charge in [0.1, 0.15) is 5.69 Å². The number of anilines is 1. The molecule has 136 valence electrons. The highest BCUT2D eigenvalue weighted by Crippen LogP contribution is 2.27. The number of hydrogen-bond donors (Lipinski definition) is 1. The van der Waals surface area contributed by atoms with Crippen molar-refractivity contribution >= 4 is 62.5 Å². The molecule has 0 bridgehead atoms. The van der Waals surface area contributed by atoms with Crippen molar-refractivity contribution in [2.24, 2.45) is 7.05 Å². The summed E-state index contributed by atoms with van der Waals surface area (Å²) in [6.45, 7) is 0. The van der Waals surface area contributed by atoms with E-state index in [0.717, 1.165) is 10.9 Å². The summed E-state index contributed by atoms with van der Waals surface area (Å²) in [7, 11) is 5.21. The number of carbonyl (C=O) groups excluding carboxylic acids is 2. The molecule has 2 aromatic heterocycles. The van der Waals surface area contributed by atoms with Crippen LogP contribution >= 0.6 is 34.7 Å². The number of rotatable bonds is 5. The van der Waals surface area contributed by atoms with Crippen molar-refractivity contribution in [3.05, 3.63) is 35.0 Å². The Hall–Kier alpha value is -2.10. The molecule has 3 rings (SSSR count). The maximum atomic E-state index is 12.6. The van der Waals surface area contributed by atoms with E-state index in [1.807, 2.05) is 19.2 Å². The average molecular weight is 410 g/mol. The minimum Gasteiger partial charge on any atom is -0.348 e. The van der Waals surface area contributed by atoms with Crippen molar-refractivity contribution in [2.45, 2.75) is 4.34 Å². The summed E-state index contributed by atoms with van der Waals surface area (Å²) in [6, 6.07) is 7.27. The predicted octanol–water partition coefficient (Wildman–Crippen LogP) is 3.12. The average Bonchev–Trinajstić information content (AvgIpc) is 3.17. The molecule has 26 heavy (non-hydrogen) atoms. The van der Waals surface area contributed by atoms with Crippen molar-refractivity contribution in [1.29, 1.82) is 0 Å². The second-order valence-corrected chi connectivity index (χ2v) is 8.33. The number of nitrogens with zero attached hydrogens (tertiary/aromatic N) is 4. The van der Waals surface area contributed by atoms with E-state index in [-0.39, 0.29) is 17.6 Å². The van der Waals surface area contributed by atoms with E-state index in [0.29, 0.717) is 20.2 Å². The number of fused-ring (bicyclic) bond motifs is 1. The largest absolute Gasteiger partial charge is 0.348 e. The highest BCUT2D eigenvalue weighted by atomic mass is 35.5. The summed E-state index contributed by atoms with van der Waals surface area (Å²) in [4.78, 5) is 25.7. The number of aryl methyl sites for hydroxylation is 1. The van der Waals surface area contributed by atoms with Crippen LogP contribution in [-0.2, 0) is 11.8 Å². The van der Waals surface area contributed by atoms with Gasteiger partial charge in [-0.1, -0.05) is 40.8 Å². The first-order valence-corrected chi connectivity index (χ1v) is 9.76. The van der Waals surface area contributed by atoms with Crippen LogP contribution in [0, 0.1) is 0 Å². The first-order valence-electron chi connectivity index (χ1n) is 7.58. The molecule has 1 aromatic carbocycles. The summed E-state index contributed by atoms with van der Waals surface area (Å²) in [5.74, 6) is -0.0126. The number of nitrogens with one attached hydrogen (secondary N) is 1. The second kappa shape index (κ2) is 7.65. The molecule has 0 saturated heterocycles. The van der Waals surface area contributed by atoms with Gasteiger partial charge < -0.3 is 9.47 Å². The Labute approximate surface area is 163 Å². The van der Waals surface area contributed by atoms with Crippen LogP contribution in [0.1, 0.15) is 10.5 Å². The third-order valence-corrected chi connectivity index (χ3v) is 5.88. The normalized spacial score (nSPS) is 10.9. The Morgan fingerprint density at radius 2 is 2.08 bits per heavy atom. The summed E-state index contributed by atoms with van der Waals surface area (Å²) < 4.78 is 2.41. The van der Waals surface area contributed by atoms with Gasteiger partial charge in [-0.3, -0.25) is 14.9 Å². The van der Waals surface area contributed by atoms with Crippen LogP contribution in [0.25, 0.3) is 10.9 Å². The van der Waals surface area contributed by atoms with Gasteiger partial charge in [-0.15, -0.1) is 10.2 Å². The molecule has 0 aliphatic rings. The van der Waals surface area contributed by atoms with Gasteiger partial charge >= 0.3 is 0 Å². The van der Waals surface area contributed by atoms with E-state index in [1.54, 1.807) is 30.8 Å². The highest BCUT2D eigenvalue weighted by molar-refractivity contribution is 8.01. The molecule has 0 unspecified atom stereocenters. The maximum absolute atomic E-state index is 12.6. The number of benzene rings is 1. The Morgan fingerprint density at radius 3 is 2.81 bits per heavy atom. The van der Waals surface area contributed by atoms with Gasteiger partial charge in [-0.05, 0) is 18.2 Å². The van der Waals surface area contributed by atoms with Crippen LogP contribution in [-0.4, -0.2) is 51.3 Å². The minimum atomic E-state index is -0.281. The number of thioether (sulfide) groups is 1. The Bertz CT molecular complexity index is 982. The lowest BCUT2D eigenvalue weighted by atomic mass is 10.2. The summed E-state index contributed by atoms with van der Waals surface area (Å²) in [5, 5.41) is 12.6. The molecule has 0 radical (unpaired) electrons. The van der Waals surface area contributed by atoms with Crippen molar-refractivity contribution in [1.82, 2.24) is 19.7 Å². The topological polar surface area (TPSA) is 80.1 Å². The molecule has 2 heterocycles. The Morgan fingerprint density at radius 1 is 1.31 bits per heavy atom. The number of hydrogen-bond acceptors (Lipinski definition) is 6. The molecule has 2 amide bonds. The second-order valence-electron chi connectivity index (χ2n) is 5.70. The Balaban J connectivity index is 1.71. The fourth-order valence-electron chi connectivity index (χ4n) is 2.25. The van der Waals surface area contributed by atoms with E-state index >= 15 is 0 Å². The number of amides is 2. The van der Waals surface area contributed by atoms with Crippen molar-refractivity contribution in [3.8, 4) is 0 Å². The van der Waals surface area contributed by atoms with E-state index in [9.17, 15) is 9.59 Å². The Kier molecular flexibility index (Phi) is 5.49. The number of halogens is 1. The van der Waals surface area contributed by atoms with Crippen molar-refractivity contribution in [2.75, 3.05) is 25.2 Å².